The second-order valence-corrected chi connectivity index (χ2v) is 3.63. The monoisotopic (exact) mass is 248 g/mol. The third-order valence-corrected chi connectivity index (χ3v) is 2.31. The van der Waals surface area contributed by atoms with Crippen LogP contribution in [0.5, 0.6) is 0 Å². The van der Waals surface area contributed by atoms with E-state index in [0.717, 1.165) is 6.07 Å². The van der Waals surface area contributed by atoms with E-state index in [1.807, 2.05) is 0 Å². The maximum Gasteiger partial charge on any atom is 0.241 e. The number of nitrogens with one attached hydrogen (secondary N) is 2. The Bertz CT molecular complexity index is 389. The zero-order valence-corrected chi connectivity index (χ0v) is 9.53. The van der Waals surface area contributed by atoms with Crippen molar-refractivity contribution in [3.05, 3.63) is 28.8 Å². The van der Waals surface area contributed by atoms with Crippen molar-refractivity contribution in [1.29, 1.82) is 0 Å². The first kappa shape index (κ1) is 12.7. The molecule has 6 heteroatoms. The van der Waals surface area contributed by atoms with E-state index in [0.29, 0.717) is 6.07 Å². The number of benzene rings is 1. The highest BCUT2D eigenvalue weighted by Crippen LogP contribution is 2.26. The Labute approximate surface area is 96.8 Å². The van der Waals surface area contributed by atoms with Gasteiger partial charge in [0.1, 0.15) is 11.9 Å². The predicted molar refractivity (Wildman–Crippen MR) is 58.5 cm³/mol. The van der Waals surface area contributed by atoms with Crippen LogP contribution in [-0.4, -0.2) is 19.0 Å². The molecule has 1 aromatic carbocycles. The Balaban J connectivity index is 2.93. The number of amides is 1. The molecule has 0 saturated carbocycles. The van der Waals surface area contributed by atoms with Gasteiger partial charge in [-0.1, -0.05) is 11.6 Å². The maximum absolute atomic E-state index is 13.3. The highest BCUT2D eigenvalue weighted by atomic mass is 35.5. The predicted octanol–water partition coefficient (Wildman–Crippen LogP) is 2.16. The first-order chi connectivity index (χ1) is 7.45. The molecule has 0 aromatic heterocycles. The van der Waals surface area contributed by atoms with Gasteiger partial charge >= 0.3 is 0 Å². The Kier molecular flexibility index (Phi) is 4.06. The lowest BCUT2D eigenvalue weighted by Gasteiger charge is -2.15. The van der Waals surface area contributed by atoms with Crippen molar-refractivity contribution in [2.75, 3.05) is 12.4 Å². The van der Waals surface area contributed by atoms with Crippen LogP contribution in [-0.2, 0) is 4.79 Å². The molecule has 0 aliphatic rings. The third kappa shape index (κ3) is 2.82. The van der Waals surface area contributed by atoms with E-state index in [1.54, 1.807) is 0 Å². The van der Waals surface area contributed by atoms with Gasteiger partial charge in [0.15, 0.2) is 5.82 Å². The summed E-state index contributed by atoms with van der Waals surface area (Å²) in [5.41, 5.74) is -0.0841. The van der Waals surface area contributed by atoms with E-state index < -0.39 is 17.7 Å². The minimum absolute atomic E-state index is 0.0841. The second-order valence-electron chi connectivity index (χ2n) is 3.22. The van der Waals surface area contributed by atoms with Crippen molar-refractivity contribution in [2.45, 2.75) is 13.0 Å². The molecular formula is C10H11ClF2N2O. The normalized spacial score (nSPS) is 12.1. The fraction of sp³-hybridized carbons (Fsp3) is 0.300. The van der Waals surface area contributed by atoms with E-state index >= 15 is 0 Å². The standard InChI is InChI=1S/C10H11ClF2N2O/c1-5(10(16)14-2)15-9-7(11)3-6(12)4-8(9)13/h3-5,15H,1-2H3,(H,14,16). The summed E-state index contributed by atoms with van der Waals surface area (Å²) in [6.07, 6.45) is 0. The molecular weight excluding hydrogens is 238 g/mol. The van der Waals surface area contributed by atoms with E-state index in [9.17, 15) is 13.6 Å². The zero-order chi connectivity index (χ0) is 12.3. The number of carbonyl (C=O) groups is 1. The lowest BCUT2D eigenvalue weighted by molar-refractivity contribution is -0.121. The van der Waals surface area contributed by atoms with Gasteiger partial charge in [-0.25, -0.2) is 8.78 Å². The topological polar surface area (TPSA) is 41.1 Å². The molecule has 88 valence electrons. The van der Waals surface area contributed by atoms with Gasteiger partial charge in [-0.3, -0.25) is 4.79 Å². The minimum atomic E-state index is -0.833. The first-order valence-electron chi connectivity index (χ1n) is 4.58. The van der Waals surface area contributed by atoms with Gasteiger partial charge in [0.2, 0.25) is 5.91 Å². The molecule has 1 unspecified atom stereocenters. The van der Waals surface area contributed by atoms with Gasteiger partial charge in [-0.15, -0.1) is 0 Å². The summed E-state index contributed by atoms with van der Waals surface area (Å²) in [7, 11) is 1.46. The lowest BCUT2D eigenvalue weighted by Crippen LogP contribution is -2.35. The van der Waals surface area contributed by atoms with Crippen LogP contribution in [0.25, 0.3) is 0 Å². The molecule has 1 aromatic rings. The van der Waals surface area contributed by atoms with Crippen LogP contribution in [0, 0.1) is 11.6 Å². The fourth-order valence-corrected chi connectivity index (χ4v) is 1.43. The number of hydrogen-bond donors (Lipinski definition) is 2. The van der Waals surface area contributed by atoms with E-state index in [1.165, 1.54) is 14.0 Å². The summed E-state index contributed by atoms with van der Waals surface area (Å²) in [6.45, 7) is 1.54. The van der Waals surface area contributed by atoms with Crippen molar-refractivity contribution < 1.29 is 13.6 Å². The number of rotatable bonds is 3. The smallest absolute Gasteiger partial charge is 0.241 e. The van der Waals surface area contributed by atoms with Gasteiger partial charge < -0.3 is 10.6 Å². The Morgan fingerprint density at radius 1 is 1.44 bits per heavy atom. The molecule has 1 atom stereocenters. The van der Waals surface area contributed by atoms with E-state index in [4.69, 9.17) is 11.6 Å². The number of anilines is 1. The average molecular weight is 249 g/mol. The molecule has 0 fully saturated rings. The van der Waals surface area contributed by atoms with Crippen molar-refractivity contribution in [3.63, 3.8) is 0 Å². The number of likely N-dealkylation sites (N-methyl/N-ethyl adjacent to an activating group) is 1. The number of halogens is 3. The molecule has 1 rings (SSSR count). The summed E-state index contributed by atoms with van der Waals surface area (Å²) < 4.78 is 26.1. The van der Waals surface area contributed by atoms with Crippen molar-refractivity contribution in [3.8, 4) is 0 Å². The summed E-state index contributed by atoms with van der Waals surface area (Å²) in [4.78, 5) is 11.2. The second kappa shape index (κ2) is 5.12. The van der Waals surface area contributed by atoms with Gasteiger partial charge in [0.25, 0.3) is 0 Å². The quantitative estimate of drug-likeness (QED) is 0.861. The summed E-state index contributed by atoms with van der Waals surface area (Å²) in [5, 5.41) is 4.86. The van der Waals surface area contributed by atoms with Gasteiger partial charge in [0.05, 0.1) is 10.7 Å². The highest BCUT2D eigenvalue weighted by Gasteiger charge is 2.16. The molecule has 0 heterocycles. The molecule has 1 amide bonds. The molecule has 2 N–H and O–H groups in total. The molecule has 0 aliphatic heterocycles. The Morgan fingerprint density at radius 3 is 2.56 bits per heavy atom. The molecule has 0 aliphatic carbocycles. The van der Waals surface area contributed by atoms with Crippen LogP contribution in [0.15, 0.2) is 12.1 Å². The van der Waals surface area contributed by atoms with Gasteiger partial charge in [-0.2, -0.15) is 0 Å². The third-order valence-electron chi connectivity index (χ3n) is 2.01. The lowest BCUT2D eigenvalue weighted by atomic mass is 10.2. The molecule has 3 nitrogen and oxygen atoms in total. The Morgan fingerprint density at radius 2 is 2.06 bits per heavy atom. The number of hydrogen-bond acceptors (Lipinski definition) is 2. The summed E-state index contributed by atoms with van der Waals surface area (Å²) >= 11 is 5.65. The van der Waals surface area contributed by atoms with Crippen LogP contribution in [0.1, 0.15) is 6.92 Å². The molecule has 16 heavy (non-hydrogen) atoms. The first-order valence-corrected chi connectivity index (χ1v) is 4.96. The maximum atomic E-state index is 13.3. The largest absolute Gasteiger partial charge is 0.370 e. The van der Waals surface area contributed by atoms with Crippen LogP contribution >= 0.6 is 11.6 Å². The van der Waals surface area contributed by atoms with Crippen molar-refractivity contribution in [2.24, 2.45) is 0 Å². The summed E-state index contributed by atoms with van der Waals surface area (Å²) in [5.74, 6) is -1.92. The molecule has 0 radical (unpaired) electrons. The Hall–Kier alpha value is -1.36. The van der Waals surface area contributed by atoms with E-state index in [2.05, 4.69) is 10.6 Å². The van der Waals surface area contributed by atoms with Crippen LogP contribution in [0.3, 0.4) is 0 Å². The fourth-order valence-electron chi connectivity index (χ4n) is 1.18. The van der Waals surface area contributed by atoms with Gasteiger partial charge in [-0.05, 0) is 13.0 Å². The SMILES string of the molecule is CNC(=O)C(C)Nc1c(F)cc(F)cc1Cl. The average Bonchev–Trinajstić information content (AvgIpc) is 2.21. The summed E-state index contributed by atoms with van der Waals surface area (Å²) in [6, 6.07) is 1.01. The van der Waals surface area contributed by atoms with Crippen LogP contribution in [0.2, 0.25) is 5.02 Å². The number of carbonyl (C=O) groups excluding carboxylic acids is 1. The van der Waals surface area contributed by atoms with Crippen molar-refractivity contribution in [1.82, 2.24) is 5.32 Å². The van der Waals surface area contributed by atoms with E-state index in [-0.39, 0.29) is 16.6 Å². The van der Waals surface area contributed by atoms with Crippen LogP contribution in [0.4, 0.5) is 14.5 Å². The minimum Gasteiger partial charge on any atom is -0.370 e. The highest BCUT2D eigenvalue weighted by molar-refractivity contribution is 6.33. The van der Waals surface area contributed by atoms with Crippen LogP contribution < -0.4 is 10.6 Å². The van der Waals surface area contributed by atoms with Crippen molar-refractivity contribution >= 4 is 23.2 Å². The molecule has 0 bridgehead atoms. The molecule has 0 saturated heterocycles. The zero-order valence-electron chi connectivity index (χ0n) is 8.77. The van der Waals surface area contributed by atoms with Gasteiger partial charge in [0, 0.05) is 13.1 Å². The molecule has 0 spiro atoms.